The van der Waals surface area contributed by atoms with Gasteiger partial charge in [0, 0.05) is 11.3 Å². The van der Waals surface area contributed by atoms with E-state index in [4.69, 9.17) is 17.0 Å². The molecule has 1 amide bonds. The van der Waals surface area contributed by atoms with Crippen LogP contribution in [0.4, 0.5) is 5.69 Å². The number of methoxy groups -OCH3 is 1. The van der Waals surface area contributed by atoms with E-state index in [1.165, 1.54) is 0 Å². The van der Waals surface area contributed by atoms with Crippen molar-refractivity contribution in [2.45, 2.75) is 0 Å². The number of hydrogen-bond donors (Lipinski definition) is 2. The average Bonchev–Trinajstić information content (AvgIpc) is 2.74. The summed E-state index contributed by atoms with van der Waals surface area (Å²) >= 11 is 7.38. The molecule has 4 nitrogen and oxygen atoms in total. The summed E-state index contributed by atoms with van der Waals surface area (Å²) in [6.45, 7) is 0. The lowest BCUT2D eigenvalue weighted by atomic mass is 10.1. The fourth-order valence-electron chi connectivity index (χ4n) is 2.58. The Morgan fingerprint density at radius 2 is 1.62 bits per heavy atom. The highest BCUT2D eigenvalue weighted by Crippen LogP contribution is 2.21. The molecule has 0 aliphatic heterocycles. The van der Waals surface area contributed by atoms with Gasteiger partial charge in [-0.05, 0) is 76.3 Å². The molecule has 0 saturated heterocycles. The summed E-state index contributed by atoms with van der Waals surface area (Å²) in [7, 11) is 1.60. The first-order valence-electron chi connectivity index (χ1n) is 8.84. The highest BCUT2D eigenvalue weighted by atomic mass is 127. The minimum atomic E-state index is -0.273. The highest BCUT2D eigenvalue weighted by molar-refractivity contribution is 14.1. The Hall–Kier alpha value is -2.71. The van der Waals surface area contributed by atoms with E-state index in [0.717, 1.165) is 26.1 Å². The lowest BCUT2D eigenvalue weighted by Crippen LogP contribution is -2.34. The summed E-state index contributed by atoms with van der Waals surface area (Å²) in [4.78, 5) is 12.4. The molecule has 0 aliphatic rings. The standard InChI is InChI=1S/C23H19IN2O2S/c1-28-21-14-11-18(15-20(21)24)22(27)26-23(29)25-19-12-9-17(10-13-19)8-7-16-5-3-2-4-6-16/h2-15H,1H3,(H2,25,26,27,29). The molecule has 0 atom stereocenters. The number of benzene rings is 3. The van der Waals surface area contributed by atoms with Crippen LogP contribution < -0.4 is 15.4 Å². The van der Waals surface area contributed by atoms with Gasteiger partial charge in [0.25, 0.3) is 5.91 Å². The topological polar surface area (TPSA) is 50.4 Å². The van der Waals surface area contributed by atoms with E-state index in [1.807, 2.05) is 48.5 Å². The number of halogens is 1. The van der Waals surface area contributed by atoms with Crippen LogP contribution in [0.1, 0.15) is 21.5 Å². The minimum absolute atomic E-state index is 0.244. The third kappa shape index (κ3) is 6.13. The molecule has 3 aromatic carbocycles. The monoisotopic (exact) mass is 514 g/mol. The number of nitrogens with one attached hydrogen (secondary N) is 2. The predicted octanol–water partition coefficient (Wildman–Crippen LogP) is 5.60. The number of rotatable bonds is 5. The quantitative estimate of drug-likeness (QED) is 0.265. The zero-order valence-corrected chi connectivity index (χ0v) is 18.7. The lowest BCUT2D eigenvalue weighted by molar-refractivity contribution is 0.0977. The zero-order valence-electron chi connectivity index (χ0n) is 15.7. The van der Waals surface area contributed by atoms with Crippen LogP contribution >= 0.6 is 34.8 Å². The fourth-order valence-corrected chi connectivity index (χ4v) is 3.53. The summed E-state index contributed by atoms with van der Waals surface area (Å²) in [6.07, 6.45) is 4.11. The first-order valence-corrected chi connectivity index (χ1v) is 10.3. The Morgan fingerprint density at radius 1 is 0.966 bits per heavy atom. The van der Waals surface area contributed by atoms with Crippen LogP contribution in [0, 0.1) is 3.57 Å². The Kier molecular flexibility index (Phi) is 7.37. The average molecular weight is 514 g/mol. The molecule has 146 valence electrons. The van der Waals surface area contributed by atoms with E-state index in [0.29, 0.717) is 5.56 Å². The second kappa shape index (κ2) is 10.2. The highest BCUT2D eigenvalue weighted by Gasteiger charge is 2.10. The van der Waals surface area contributed by atoms with E-state index in [9.17, 15) is 4.79 Å². The molecule has 0 saturated carbocycles. The normalized spacial score (nSPS) is 10.6. The molecule has 2 N–H and O–H groups in total. The van der Waals surface area contributed by atoms with Gasteiger partial charge < -0.3 is 10.1 Å². The fraction of sp³-hybridized carbons (Fsp3) is 0.0435. The molecule has 0 fully saturated rings. The van der Waals surface area contributed by atoms with Gasteiger partial charge in [-0.2, -0.15) is 0 Å². The smallest absolute Gasteiger partial charge is 0.257 e. The van der Waals surface area contributed by atoms with E-state index in [-0.39, 0.29) is 11.0 Å². The molecule has 3 rings (SSSR count). The van der Waals surface area contributed by atoms with Crippen molar-refractivity contribution in [1.82, 2.24) is 5.32 Å². The van der Waals surface area contributed by atoms with E-state index < -0.39 is 0 Å². The number of ether oxygens (including phenoxy) is 1. The van der Waals surface area contributed by atoms with Crippen molar-refractivity contribution in [3.05, 3.63) is 93.1 Å². The molecule has 0 heterocycles. The second-order valence-electron chi connectivity index (χ2n) is 6.12. The van der Waals surface area contributed by atoms with Crippen molar-refractivity contribution in [2.75, 3.05) is 12.4 Å². The molecular weight excluding hydrogens is 495 g/mol. The maximum absolute atomic E-state index is 12.4. The molecule has 0 spiro atoms. The Bertz CT molecular complexity index is 1030. The van der Waals surface area contributed by atoms with Gasteiger partial charge in [0.05, 0.1) is 10.7 Å². The molecule has 6 heteroatoms. The van der Waals surface area contributed by atoms with Crippen molar-refractivity contribution >= 4 is 63.7 Å². The Morgan fingerprint density at radius 3 is 2.24 bits per heavy atom. The summed E-state index contributed by atoms with van der Waals surface area (Å²) in [5.41, 5.74) is 3.53. The third-order valence-corrected chi connectivity index (χ3v) is 5.12. The minimum Gasteiger partial charge on any atom is -0.496 e. The van der Waals surface area contributed by atoms with Crippen molar-refractivity contribution in [1.29, 1.82) is 0 Å². The van der Waals surface area contributed by atoms with Crippen molar-refractivity contribution in [2.24, 2.45) is 0 Å². The number of carbonyl (C=O) groups is 1. The molecule has 0 bridgehead atoms. The Balaban J connectivity index is 1.57. The second-order valence-corrected chi connectivity index (χ2v) is 7.69. The van der Waals surface area contributed by atoms with E-state index in [1.54, 1.807) is 25.3 Å². The SMILES string of the molecule is COc1ccc(C(=O)NC(=S)Nc2ccc(C=Cc3ccccc3)cc2)cc1I. The van der Waals surface area contributed by atoms with E-state index >= 15 is 0 Å². The lowest BCUT2D eigenvalue weighted by Gasteiger charge is -2.11. The number of hydrogen-bond acceptors (Lipinski definition) is 3. The predicted molar refractivity (Wildman–Crippen MR) is 131 cm³/mol. The summed E-state index contributed by atoms with van der Waals surface area (Å²) in [5, 5.41) is 5.97. The van der Waals surface area contributed by atoms with Crippen LogP contribution in [0.25, 0.3) is 12.2 Å². The van der Waals surface area contributed by atoms with Gasteiger partial charge in [0.1, 0.15) is 5.75 Å². The first-order chi connectivity index (χ1) is 14.0. The van der Waals surface area contributed by atoms with Gasteiger partial charge in [0.15, 0.2) is 5.11 Å². The van der Waals surface area contributed by atoms with Crippen molar-refractivity contribution in [3.63, 3.8) is 0 Å². The van der Waals surface area contributed by atoms with Crippen LogP contribution in [0.5, 0.6) is 5.75 Å². The van der Waals surface area contributed by atoms with Gasteiger partial charge >= 0.3 is 0 Å². The Labute approximate surface area is 189 Å². The maximum Gasteiger partial charge on any atom is 0.257 e. The number of anilines is 1. The van der Waals surface area contributed by atoms with Crippen LogP contribution in [0.2, 0.25) is 0 Å². The van der Waals surface area contributed by atoms with Gasteiger partial charge in [0.2, 0.25) is 0 Å². The number of carbonyl (C=O) groups excluding carboxylic acids is 1. The molecule has 0 unspecified atom stereocenters. The van der Waals surface area contributed by atoms with Crippen LogP contribution in [-0.2, 0) is 0 Å². The molecular formula is C23H19IN2O2S. The van der Waals surface area contributed by atoms with Crippen molar-refractivity contribution < 1.29 is 9.53 Å². The largest absolute Gasteiger partial charge is 0.496 e. The van der Waals surface area contributed by atoms with Gasteiger partial charge in [-0.25, -0.2) is 0 Å². The third-order valence-electron chi connectivity index (χ3n) is 4.08. The zero-order chi connectivity index (χ0) is 20.6. The van der Waals surface area contributed by atoms with Gasteiger partial charge in [-0.1, -0.05) is 54.6 Å². The first kappa shape index (κ1) is 21.0. The van der Waals surface area contributed by atoms with Gasteiger partial charge in [-0.3, -0.25) is 10.1 Å². The number of amides is 1. The van der Waals surface area contributed by atoms with Crippen LogP contribution in [0.15, 0.2) is 72.8 Å². The molecule has 0 aliphatic carbocycles. The van der Waals surface area contributed by atoms with Crippen molar-refractivity contribution in [3.8, 4) is 5.75 Å². The van der Waals surface area contributed by atoms with Crippen LogP contribution in [-0.4, -0.2) is 18.1 Å². The van der Waals surface area contributed by atoms with Crippen LogP contribution in [0.3, 0.4) is 0 Å². The maximum atomic E-state index is 12.4. The summed E-state index contributed by atoms with van der Waals surface area (Å²) in [6, 6.07) is 23.1. The summed E-state index contributed by atoms with van der Waals surface area (Å²) < 4.78 is 6.07. The molecule has 3 aromatic rings. The van der Waals surface area contributed by atoms with Gasteiger partial charge in [-0.15, -0.1) is 0 Å². The molecule has 0 radical (unpaired) electrons. The number of thiocarbonyl (C=S) groups is 1. The molecule has 0 aromatic heterocycles. The van der Waals surface area contributed by atoms with E-state index in [2.05, 4.69) is 51.4 Å². The molecule has 29 heavy (non-hydrogen) atoms. The summed E-state index contributed by atoms with van der Waals surface area (Å²) in [5.74, 6) is 0.453.